The summed E-state index contributed by atoms with van der Waals surface area (Å²) in [5, 5.41) is 8.04. The van der Waals surface area contributed by atoms with E-state index < -0.39 is 11.6 Å². The molecule has 0 aliphatic rings. The molecule has 0 saturated carbocycles. The Balaban J connectivity index is 1.68. The number of benzene rings is 2. The van der Waals surface area contributed by atoms with E-state index in [0.29, 0.717) is 5.69 Å². The normalized spacial score (nSPS) is 12.6. The molecule has 24 heavy (non-hydrogen) atoms. The van der Waals surface area contributed by atoms with E-state index in [4.69, 9.17) is 0 Å². The summed E-state index contributed by atoms with van der Waals surface area (Å²) in [6, 6.07) is 10.9. The molecule has 0 saturated heterocycles. The lowest BCUT2D eigenvalue weighted by Gasteiger charge is -2.07. The molecule has 5 nitrogen and oxygen atoms in total. The Kier molecular flexibility index (Phi) is 3.34. The Morgan fingerprint density at radius 2 is 1.96 bits per heavy atom. The number of imidazole rings is 1. The van der Waals surface area contributed by atoms with Crippen molar-refractivity contribution < 1.29 is 8.78 Å². The van der Waals surface area contributed by atoms with Crippen LogP contribution in [0.1, 0.15) is 18.8 Å². The van der Waals surface area contributed by atoms with Gasteiger partial charge in [-0.3, -0.25) is 0 Å². The smallest absolute Gasteiger partial charge is 0.135 e. The zero-order valence-electron chi connectivity index (χ0n) is 12.7. The molecule has 4 rings (SSSR count). The lowest BCUT2D eigenvalue weighted by molar-refractivity contribution is 0.523. The van der Waals surface area contributed by atoms with E-state index in [0.717, 1.165) is 22.9 Å². The number of hydrogen-bond acceptors (Lipinski definition) is 3. The van der Waals surface area contributed by atoms with Gasteiger partial charge in [-0.15, -0.1) is 5.10 Å². The molecule has 7 heteroatoms. The van der Waals surface area contributed by atoms with E-state index >= 15 is 0 Å². The molecule has 120 valence electrons. The van der Waals surface area contributed by atoms with Crippen LogP contribution in [0, 0.1) is 11.6 Å². The number of rotatable bonds is 3. The fraction of sp³-hybridized carbons (Fsp3) is 0.118. The maximum Gasteiger partial charge on any atom is 0.135 e. The van der Waals surface area contributed by atoms with Crippen molar-refractivity contribution >= 4 is 11.0 Å². The first-order valence-electron chi connectivity index (χ1n) is 7.44. The van der Waals surface area contributed by atoms with Crippen LogP contribution in [0.4, 0.5) is 8.78 Å². The number of fused-ring (bicyclic) bond motifs is 1. The molecular weight excluding hydrogens is 312 g/mol. The van der Waals surface area contributed by atoms with Gasteiger partial charge in [0.2, 0.25) is 0 Å². The highest BCUT2D eigenvalue weighted by atomic mass is 19.1. The predicted molar refractivity (Wildman–Crippen MR) is 85.3 cm³/mol. The van der Waals surface area contributed by atoms with Gasteiger partial charge in [-0.05, 0) is 31.2 Å². The zero-order chi connectivity index (χ0) is 16.7. The molecule has 4 aromatic rings. The molecule has 0 fully saturated rings. The SMILES string of the molecule is C[C@H](c1nc2ccccc2[nH]1)n1cc(-c2ccc(F)cc2F)nn1. The summed E-state index contributed by atoms with van der Waals surface area (Å²) >= 11 is 0. The summed E-state index contributed by atoms with van der Waals surface area (Å²) in [6.45, 7) is 1.91. The highest BCUT2D eigenvalue weighted by molar-refractivity contribution is 5.74. The minimum atomic E-state index is -0.668. The minimum Gasteiger partial charge on any atom is -0.340 e. The fourth-order valence-electron chi connectivity index (χ4n) is 2.58. The Morgan fingerprint density at radius 1 is 1.12 bits per heavy atom. The van der Waals surface area contributed by atoms with E-state index in [2.05, 4.69) is 20.3 Å². The van der Waals surface area contributed by atoms with Crippen LogP contribution in [0.2, 0.25) is 0 Å². The van der Waals surface area contributed by atoms with E-state index in [-0.39, 0.29) is 11.6 Å². The molecule has 1 atom stereocenters. The van der Waals surface area contributed by atoms with Crippen LogP contribution < -0.4 is 0 Å². The van der Waals surface area contributed by atoms with Gasteiger partial charge in [0, 0.05) is 11.6 Å². The van der Waals surface area contributed by atoms with E-state index in [9.17, 15) is 8.78 Å². The topological polar surface area (TPSA) is 59.4 Å². The standard InChI is InChI=1S/C17H13F2N5/c1-10(17-20-14-4-2-3-5-15(14)21-17)24-9-16(22-23-24)12-7-6-11(18)8-13(12)19/h2-10H,1H3,(H,20,21)/t10-/m1/s1. The molecule has 2 aromatic heterocycles. The number of nitrogens with zero attached hydrogens (tertiary/aromatic N) is 4. The van der Waals surface area contributed by atoms with Crippen LogP contribution in [0.5, 0.6) is 0 Å². The molecule has 0 bridgehead atoms. The van der Waals surface area contributed by atoms with Crippen molar-refractivity contribution in [2.45, 2.75) is 13.0 Å². The number of aromatic nitrogens is 5. The molecule has 0 radical (unpaired) electrons. The maximum atomic E-state index is 13.9. The third kappa shape index (κ3) is 2.44. The second-order valence-corrected chi connectivity index (χ2v) is 5.52. The molecular formula is C17H13F2N5. The monoisotopic (exact) mass is 325 g/mol. The quantitative estimate of drug-likeness (QED) is 0.625. The third-order valence-corrected chi connectivity index (χ3v) is 3.92. The summed E-state index contributed by atoms with van der Waals surface area (Å²) in [4.78, 5) is 7.77. The number of hydrogen-bond donors (Lipinski definition) is 1. The lowest BCUT2D eigenvalue weighted by Crippen LogP contribution is -2.09. The number of H-pyrrole nitrogens is 1. The van der Waals surface area contributed by atoms with E-state index in [1.54, 1.807) is 10.9 Å². The number of para-hydroxylation sites is 2. The van der Waals surface area contributed by atoms with Gasteiger partial charge < -0.3 is 4.98 Å². The van der Waals surface area contributed by atoms with Gasteiger partial charge in [0.15, 0.2) is 0 Å². The van der Waals surface area contributed by atoms with Crippen molar-refractivity contribution in [1.82, 2.24) is 25.0 Å². The summed E-state index contributed by atoms with van der Waals surface area (Å²) in [5.74, 6) is -0.565. The maximum absolute atomic E-state index is 13.9. The average molecular weight is 325 g/mol. The molecule has 0 aliphatic carbocycles. The minimum absolute atomic E-state index is 0.206. The molecule has 0 unspecified atom stereocenters. The van der Waals surface area contributed by atoms with Gasteiger partial charge in [0.25, 0.3) is 0 Å². The molecule has 0 aliphatic heterocycles. The van der Waals surface area contributed by atoms with Crippen molar-refractivity contribution in [2.24, 2.45) is 0 Å². The van der Waals surface area contributed by atoms with E-state index in [1.165, 1.54) is 12.1 Å². The summed E-state index contributed by atoms with van der Waals surface area (Å²) < 4.78 is 28.5. The van der Waals surface area contributed by atoms with Crippen LogP contribution in [-0.2, 0) is 0 Å². The van der Waals surface area contributed by atoms with Crippen molar-refractivity contribution in [2.75, 3.05) is 0 Å². The fourth-order valence-corrected chi connectivity index (χ4v) is 2.58. The molecule has 0 amide bonds. The number of halogens is 2. The predicted octanol–water partition coefficient (Wildman–Crippen LogP) is 3.71. The van der Waals surface area contributed by atoms with Crippen molar-refractivity contribution in [1.29, 1.82) is 0 Å². The second-order valence-electron chi connectivity index (χ2n) is 5.52. The first kappa shape index (κ1) is 14.5. The number of nitrogens with one attached hydrogen (secondary N) is 1. The van der Waals surface area contributed by atoms with Gasteiger partial charge in [0.05, 0.1) is 17.2 Å². The van der Waals surface area contributed by atoms with Crippen LogP contribution in [0.15, 0.2) is 48.7 Å². The number of aromatic amines is 1. The zero-order valence-corrected chi connectivity index (χ0v) is 12.7. The van der Waals surface area contributed by atoms with E-state index in [1.807, 2.05) is 31.2 Å². The highest BCUT2D eigenvalue weighted by Gasteiger charge is 2.16. The largest absolute Gasteiger partial charge is 0.340 e. The average Bonchev–Trinajstić information content (AvgIpc) is 3.21. The van der Waals surface area contributed by atoms with Gasteiger partial charge in [-0.2, -0.15) is 0 Å². The first-order chi connectivity index (χ1) is 11.6. The molecule has 0 spiro atoms. The lowest BCUT2D eigenvalue weighted by atomic mass is 10.1. The van der Waals surface area contributed by atoms with Gasteiger partial charge in [0.1, 0.15) is 29.2 Å². The molecule has 2 aromatic carbocycles. The summed E-state index contributed by atoms with van der Waals surface area (Å²) in [6.07, 6.45) is 1.62. The Hall–Kier alpha value is -3.09. The van der Waals surface area contributed by atoms with Gasteiger partial charge in [-0.25, -0.2) is 18.4 Å². The molecule has 2 heterocycles. The third-order valence-electron chi connectivity index (χ3n) is 3.92. The van der Waals surface area contributed by atoms with Crippen LogP contribution in [0.3, 0.4) is 0 Å². The van der Waals surface area contributed by atoms with Crippen molar-refractivity contribution in [3.05, 3.63) is 66.1 Å². The second kappa shape index (κ2) is 5.52. The van der Waals surface area contributed by atoms with Crippen LogP contribution in [0.25, 0.3) is 22.3 Å². The Morgan fingerprint density at radius 3 is 2.75 bits per heavy atom. The highest BCUT2D eigenvalue weighted by Crippen LogP contribution is 2.24. The first-order valence-corrected chi connectivity index (χ1v) is 7.44. The van der Waals surface area contributed by atoms with Crippen LogP contribution >= 0.6 is 0 Å². The Labute approximate surface area is 136 Å². The molecule has 1 N–H and O–H groups in total. The van der Waals surface area contributed by atoms with Gasteiger partial charge >= 0.3 is 0 Å². The van der Waals surface area contributed by atoms with Gasteiger partial charge in [-0.1, -0.05) is 17.3 Å². The van der Waals surface area contributed by atoms with Crippen LogP contribution in [-0.4, -0.2) is 25.0 Å². The van der Waals surface area contributed by atoms with Crippen molar-refractivity contribution in [3.63, 3.8) is 0 Å². The summed E-state index contributed by atoms with van der Waals surface area (Å²) in [7, 11) is 0. The Bertz CT molecular complexity index is 988. The van der Waals surface area contributed by atoms with Crippen molar-refractivity contribution in [3.8, 4) is 11.3 Å². The summed E-state index contributed by atoms with van der Waals surface area (Å²) in [5.41, 5.74) is 2.35.